The van der Waals surface area contributed by atoms with E-state index in [1.54, 1.807) is 31.0 Å². The Hall–Kier alpha value is -2.55. The van der Waals surface area contributed by atoms with E-state index >= 15 is 0 Å². The predicted octanol–water partition coefficient (Wildman–Crippen LogP) is 2.82. The summed E-state index contributed by atoms with van der Waals surface area (Å²) in [6, 6.07) is 6.30. The summed E-state index contributed by atoms with van der Waals surface area (Å²) in [5, 5.41) is 3.84. The van der Waals surface area contributed by atoms with Gasteiger partial charge in [0, 0.05) is 20.1 Å². The SMILES string of the molecule is Cc1noc(C2CCCN(CC(=O)N(C)Cc3ccc(OC(F)F)cc3)C2)n1. The number of rotatable bonds is 7. The number of hydrogen-bond donors (Lipinski definition) is 0. The maximum Gasteiger partial charge on any atom is 0.387 e. The smallest absolute Gasteiger partial charge is 0.387 e. The molecule has 28 heavy (non-hydrogen) atoms. The largest absolute Gasteiger partial charge is 0.435 e. The van der Waals surface area contributed by atoms with Crippen molar-refractivity contribution in [3.63, 3.8) is 0 Å². The lowest BCUT2D eigenvalue weighted by Gasteiger charge is -2.31. The average Bonchev–Trinajstić information content (AvgIpc) is 3.09. The van der Waals surface area contributed by atoms with E-state index in [1.807, 2.05) is 0 Å². The highest BCUT2D eigenvalue weighted by Gasteiger charge is 2.27. The number of aryl methyl sites for hydroxylation is 1. The number of likely N-dealkylation sites (tertiary alicyclic amines) is 1. The van der Waals surface area contributed by atoms with Crippen LogP contribution in [-0.4, -0.2) is 59.1 Å². The maximum absolute atomic E-state index is 12.6. The molecule has 0 saturated carbocycles. The number of carbonyl (C=O) groups excluding carboxylic acids is 1. The van der Waals surface area contributed by atoms with E-state index in [4.69, 9.17) is 4.52 Å². The fourth-order valence-corrected chi connectivity index (χ4v) is 3.33. The van der Waals surface area contributed by atoms with Crippen molar-refractivity contribution in [3.8, 4) is 5.75 Å². The zero-order chi connectivity index (χ0) is 20.1. The van der Waals surface area contributed by atoms with Gasteiger partial charge in [0.2, 0.25) is 11.8 Å². The summed E-state index contributed by atoms with van der Waals surface area (Å²) in [6.45, 7) is 1.21. The number of benzene rings is 1. The Bertz CT molecular complexity index is 782. The van der Waals surface area contributed by atoms with Crippen LogP contribution in [0.25, 0.3) is 0 Å². The Morgan fingerprint density at radius 1 is 1.39 bits per heavy atom. The van der Waals surface area contributed by atoms with E-state index in [1.165, 1.54) is 12.1 Å². The first kappa shape index (κ1) is 20.2. The molecule has 1 aromatic carbocycles. The van der Waals surface area contributed by atoms with Gasteiger partial charge in [0.05, 0.1) is 12.5 Å². The fraction of sp³-hybridized carbons (Fsp3) is 0.526. The number of carbonyl (C=O) groups is 1. The average molecular weight is 394 g/mol. The molecule has 2 aromatic rings. The number of aromatic nitrogens is 2. The van der Waals surface area contributed by atoms with Crippen molar-refractivity contribution < 1.29 is 22.8 Å². The van der Waals surface area contributed by atoms with E-state index in [2.05, 4.69) is 19.8 Å². The molecule has 1 atom stereocenters. The van der Waals surface area contributed by atoms with Gasteiger partial charge in [-0.25, -0.2) is 0 Å². The van der Waals surface area contributed by atoms with Crippen LogP contribution in [0, 0.1) is 6.92 Å². The number of halogens is 2. The fourth-order valence-electron chi connectivity index (χ4n) is 3.33. The third-order valence-electron chi connectivity index (χ3n) is 4.75. The Morgan fingerprint density at radius 2 is 2.14 bits per heavy atom. The molecule has 2 heterocycles. The number of ether oxygens (including phenoxy) is 1. The lowest BCUT2D eigenvalue weighted by atomic mass is 9.98. The lowest BCUT2D eigenvalue weighted by molar-refractivity contribution is -0.132. The lowest BCUT2D eigenvalue weighted by Crippen LogP contribution is -2.42. The molecule has 1 fully saturated rings. The molecule has 1 aliphatic heterocycles. The van der Waals surface area contributed by atoms with Crippen molar-refractivity contribution in [1.29, 1.82) is 0 Å². The molecule has 0 spiro atoms. The second-order valence-electron chi connectivity index (χ2n) is 7.03. The second-order valence-corrected chi connectivity index (χ2v) is 7.03. The predicted molar refractivity (Wildman–Crippen MR) is 97.0 cm³/mol. The van der Waals surface area contributed by atoms with Crippen LogP contribution in [0.4, 0.5) is 8.78 Å². The molecule has 1 aromatic heterocycles. The monoisotopic (exact) mass is 394 g/mol. The van der Waals surface area contributed by atoms with Crippen LogP contribution in [0.5, 0.6) is 5.75 Å². The van der Waals surface area contributed by atoms with Crippen LogP contribution >= 0.6 is 0 Å². The van der Waals surface area contributed by atoms with Gasteiger partial charge in [-0.05, 0) is 44.0 Å². The summed E-state index contributed by atoms with van der Waals surface area (Å²) < 4.78 is 34.0. The van der Waals surface area contributed by atoms with Gasteiger partial charge < -0.3 is 14.2 Å². The van der Waals surface area contributed by atoms with Gasteiger partial charge in [-0.15, -0.1) is 0 Å². The number of amides is 1. The van der Waals surface area contributed by atoms with Crippen LogP contribution in [0.3, 0.4) is 0 Å². The molecule has 0 radical (unpaired) electrons. The van der Waals surface area contributed by atoms with Gasteiger partial charge in [0.1, 0.15) is 5.75 Å². The van der Waals surface area contributed by atoms with E-state index in [-0.39, 0.29) is 17.6 Å². The van der Waals surface area contributed by atoms with E-state index in [0.717, 1.165) is 24.9 Å². The summed E-state index contributed by atoms with van der Waals surface area (Å²) in [7, 11) is 1.73. The van der Waals surface area contributed by atoms with Crippen LogP contribution in [0.15, 0.2) is 28.8 Å². The van der Waals surface area contributed by atoms with Gasteiger partial charge in [0.25, 0.3) is 0 Å². The highest BCUT2D eigenvalue weighted by Crippen LogP contribution is 2.25. The van der Waals surface area contributed by atoms with E-state index < -0.39 is 6.61 Å². The van der Waals surface area contributed by atoms with E-state index in [9.17, 15) is 13.6 Å². The summed E-state index contributed by atoms with van der Waals surface area (Å²) in [4.78, 5) is 20.6. The molecule has 1 aliphatic rings. The Balaban J connectivity index is 1.50. The minimum absolute atomic E-state index is 0.00438. The third kappa shape index (κ3) is 5.48. The number of piperidine rings is 1. The maximum atomic E-state index is 12.6. The van der Waals surface area contributed by atoms with E-state index in [0.29, 0.717) is 31.3 Å². The highest BCUT2D eigenvalue weighted by atomic mass is 19.3. The summed E-state index contributed by atoms with van der Waals surface area (Å²) >= 11 is 0. The van der Waals surface area contributed by atoms with Gasteiger partial charge in [-0.1, -0.05) is 17.3 Å². The van der Waals surface area contributed by atoms with Gasteiger partial charge in [-0.2, -0.15) is 13.8 Å². The Morgan fingerprint density at radius 3 is 2.79 bits per heavy atom. The zero-order valence-electron chi connectivity index (χ0n) is 16.0. The molecule has 0 bridgehead atoms. The van der Waals surface area contributed by atoms with Crippen molar-refractivity contribution in [1.82, 2.24) is 19.9 Å². The molecular weight excluding hydrogens is 370 g/mol. The summed E-state index contributed by atoms with van der Waals surface area (Å²) in [6.07, 6.45) is 1.93. The molecule has 7 nitrogen and oxygen atoms in total. The standard InChI is InChI=1S/C19H24F2N4O3/c1-13-22-18(28-23-13)15-4-3-9-25(11-15)12-17(26)24(2)10-14-5-7-16(8-6-14)27-19(20)21/h5-8,15,19H,3-4,9-12H2,1-2H3. The number of likely N-dealkylation sites (N-methyl/N-ethyl adjacent to an activating group) is 1. The van der Waals surface area contributed by atoms with Gasteiger partial charge in [0.15, 0.2) is 5.82 Å². The summed E-state index contributed by atoms with van der Waals surface area (Å²) in [5.74, 6) is 1.50. The second kappa shape index (κ2) is 9.09. The van der Waals surface area contributed by atoms with Crippen LogP contribution in [0.2, 0.25) is 0 Å². The molecule has 1 amide bonds. The normalized spacial score (nSPS) is 17.7. The molecule has 9 heteroatoms. The Kier molecular flexibility index (Phi) is 6.56. The minimum atomic E-state index is -2.85. The summed E-state index contributed by atoms with van der Waals surface area (Å²) in [5.41, 5.74) is 0.843. The van der Waals surface area contributed by atoms with Crippen molar-refractivity contribution in [2.24, 2.45) is 0 Å². The first-order valence-corrected chi connectivity index (χ1v) is 9.21. The Labute approximate surface area is 162 Å². The number of hydrogen-bond acceptors (Lipinski definition) is 6. The molecule has 152 valence electrons. The van der Waals surface area contributed by atoms with Crippen molar-refractivity contribution in [2.75, 3.05) is 26.7 Å². The quantitative estimate of drug-likeness (QED) is 0.719. The van der Waals surface area contributed by atoms with Crippen LogP contribution < -0.4 is 4.74 Å². The van der Waals surface area contributed by atoms with Crippen molar-refractivity contribution >= 4 is 5.91 Å². The first-order valence-electron chi connectivity index (χ1n) is 9.21. The van der Waals surface area contributed by atoms with Crippen LogP contribution in [0.1, 0.15) is 36.0 Å². The van der Waals surface area contributed by atoms with Gasteiger partial charge >= 0.3 is 6.61 Å². The molecule has 1 unspecified atom stereocenters. The molecular formula is C19H24F2N4O3. The number of nitrogens with zero attached hydrogens (tertiary/aromatic N) is 4. The third-order valence-corrected chi connectivity index (χ3v) is 4.75. The minimum Gasteiger partial charge on any atom is -0.435 e. The molecule has 3 rings (SSSR count). The van der Waals surface area contributed by atoms with Crippen molar-refractivity contribution in [2.45, 2.75) is 38.8 Å². The van der Waals surface area contributed by atoms with Crippen LogP contribution in [-0.2, 0) is 11.3 Å². The topological polar surface area (TPSA) is 71.7 Å². The first-order chi connectivity index (χ1) is 13.4. The van der Waals surface area contributed by atoms with Crippen molar-refractivity contribution in [3.05, 3.63) is 41.5 Å². The van der Waals surface area contributed by atoms with Gasteiger partial charge in [-0.3, -0.25) is 9.69 Å². The highest BCUT2D eigenvalue weighted by molar-refractivity contribution is 5.78. The molecule has 0 N–H and O–H groups in total. The number of alkyl halides is 2. The zero-order valence-corrected chi connectivity index (χ0v) is 16.0. The molecule has 0 aliphatic carbocycles. The molecule has 1 saturated heterocycles.